The van der Waals surface area contributed by atoms with Gasteiger partial charge < -0.3 is 15.8 Å². The van der Waals surface area contributed by atoms with Crippen LogP contribution in [0.4, 0.5) is 18.9 Å². The fourth-order valence-electron chi connectivity index (χ4n) is 4.15. The summed E-state index contributed by atoms with van der Waals surface area (Å²) in [6.07, 6.45) is -1.24. The van der Waals surface area contributed by atoms with Crippen molar-refractivity contribution >= 4 is 34.2 Å². The van der Waals surface area contributed by atoms with Gasteiger partial charge in [-0.15, -0.1) is 0 Å². The van der Waals surface area contributed by atoms with Gasteiger partial charge >= 0.3 is 6.18 Å². The lowest BCUT2D eigenvalue weighted by molar-refractivity contribution is -0.142. The minimum Gasteiger partial charge on any atom is -0.367 e. The molecule has 3 N–H and O–H groups in total. The normalized spacial score (nSPS) is 14.3. The Bertz CT molecular complexity index is 1470. The second-order valence-electron chi connectivity index (χ2n) is 9.29. The van der Waals surface area contributed by atoms with Gasteiger partial charge in [0, 0.05) is 18.4 Å². The minimum absolute atomic E-state index is 0.187. The van der Waals surface area contributed by atoms with Gasteiger partial charge in [0.25, 0.3) is 5.91 Å². The summed E-state index contributed by atoms with van der Waals surface area (Å²) in [5, 5.41) is 6.53. The number of pyridine rings is 1. The van der Waals surface area contributed by atoms with Crippen LogP contribution < -0.4 is 11.1 Å². The molecule has 1 atom stereocenters. The lowest BCUT2D eigenvalue weighted by atomic mass is 10.0. The third-order valence-corrected chi connectivity index (χ3v) is 7.32. The number of hydrogen-bond donors (Lipinski definition) is 2. The number of carbonyl (C=O) groups excluding carboxylic acids is 1. The van der Waals surface area contributed by atoms with E-state index in [1.165, 1.54) is 22.6 Å². The molecule has 1 aliphatic carbocycles. The van der Waals surface area contributed by atoms with Gasteiger partial charge in [-0.05, 0) is 88.9 Å². The first-order valence-electron chi connectivity index (χ1n) is 12.3. The highest BCUT2D eigenvalue weighted by molar-refractivity contribution is 14.1. The summed E-state index contributed by atoms with van der Waals surface area (Å²) < 4.78 is 48.3. The van der Waals surface area contributed by atoms with E-state index < -0.39 is 23.9 Å². The molecule has 0 saturated heterocycles. The van der Waals surface area contributed by atoms with Crippen LogP contribution in [0, 0.1) is 9.49 Å². The molecule has 0 bridgehead atoms. The van der Waals surface area contributed by atoms with E-state index in [0.29, 0.717) is 29.5 Å². The van der Waals surface area contributed by atoms with Crippen molar-refractivity contribution in [1.29, 1.82) is 0 Å². The summed E-state index contributed by atoms with van der Waals surface area (Å²) in [5.74, 6) is -0.201. The van der Waals surface area contributed by atoms with Gasteiger partial charge in [0.15, 0.2) is 5.69 Å². The molecule has 1 fully saturated rings. The van der Waals surface area contributed by atoms with Crippen molar-refractivity contribution in [1.82, 2.24) is 14.8 Å². The van der Waals surface area contributed by atoms with Crippen LogP contribution in [-0.4, -0.2) is 27.3 Å². The van der Waals surface area contributed by atoms with Crippen molar-refractivity contribution in [2.45, 2.75) is 31.7 Å². The lowest BCUT2D eigenvalue weighted by Crippen LogP contribution is -2.19. The summed E-state index contributed by atoms with van der Waals surface area (Å²) in [4.78, 5) is 17.9. The van der Waals surface area contributed by atoms with E-state index in [4.69, 9.17) is 10.5 Å². The van der Waals surface area contributed by atoms with Crippen LogP contribution in [0.15, 0.2) is 72.9 Å². The van der Waals surface area contributed by atoms with Crippen molar-refractivity contribution < 1.29 is 22.7 Å². The van der Waals surface area contributed by atoms with Crippen LogP contribution in [0.2, 0.25) is 0 Å². The predicted octanol–water partition coefficient (Wildman–Crippen LogP) is 6.12. The van der Waals surface area contributed by atoms with E-state index >= 15 is 0 Å². The van der Waals surface area contributed by atoms with E-state index in [2.05, 4.69) is 15.4 Å². The lowest BCUT2D eigenvalue weighted by Gasteiger charge is -2.19. The number of amides is 1. The number of nitrogens with zero attached hydrogens (tertiary/aromatic N) is 3. The second kappa shape index (κ2) is 11.4. The Morgan fingerprint density at radius 1 is 1.13 bits per heavy atom. The molecule has 2 aromatic heterocycles. The number of alkyl halides is 3. The maximum Gasteiger partial charge on any atom is 0.436 e. The fraction of sp³-hybridized carbons (Fsp3) is 0.250. The van der Waals surface area contributed by atoms with Crippen molar-refractivity contribution in [2.75, 3.05) is 11.9 Å². The van der Waals surface area contributed by atoms with Crippen molar-refractivity contribution in [3.8, 4) is 5.69 Å². The second-order valence-corrected chi connectivity index (χ2v) is 10.4. The molecule has 0 aliphatic heterocycles. The highest BCUT2D eigenvalue weighted by atomic mass is 127. The molecule has 39 heavy (non-hydrogen) atoms. The maximum absolute atomic E-state index is 13.8. The maximum atomic E-state index is 13.8. The average molecular weight is 647 g/mol. The molecule has 0 radical (unpaired) electrons. The molecule has 4 aromatic rings. The van der Waals surface area contributed by atoms with E-state index in [1.807, 2.05) is 24.3 Å². The number of halogens is 4. The topological polar surface area (TPSA) is 95.1 Å². The largest absolute Gasteiger partial charge is 0.436 e. The minimum atomic E-state index is -4.74. The summed E-state index contributed by atoms with van der Waals surface area (Å²) in [6.45, 7) is 0.782. The van der Waals surface area contributed by atoms with Crippen LogP contribution in [0.3, 0.4) is 0 Å². The molecule has 11 heteroatoms. The smallest absolute Gasteiger partial charge is 0.367 e. The number of hydrogen-bond acceptors (Lipinski definition) is 5. The number of nitrogens with one attached hydrogen (secondary N) is 1. The van der Waals surface area contributed by atoms with Crippen molar-refractivity contribution in [2.24, 2.45) is 11.7 Å². The van der Waals surface area contributed by atoms with E-state index in [0.717, 1.165) is 28.8 Å². The average Bonchev–Trinajstić information content (AvgIpc) is 3.68. The molecule has 7 nitrogen and oxygen atoms in total. The Balaban J connectivity index is 1.48. The molecule has 1 aliphatic rings. The summed E-state index contributed by atoms with van der Waals surface area (Å²) in [6, 6.07) is 19.2. The zero-order valence-electron chi connectivity index (χ0n) is 20.7. The quantitative estimate of drug-likeness (QED) is 0.214. The van der Waals surface area contributed by atoms with Crippen molar-refractivity contribution in [3.63, 3.8) is 0 Å². The number of anilines is 1. The van der Waals surface area contributed by atoms with Gasteiger partial charge in [-0.2, -0.15) is 18.3 Å². The molecular formula is C28H25F3IN5O2. The number of carbonyl (C=O) groups is 1. The van der Waals surface area contributed by atoms with Gasteiger partial charge in [-0.3, -0.25) is 9.78 Å². The Hall–Kier alpha value is -3.29. The van der Waals surface area contributed by atoms with Gasteiger partial charge in [-0.1, -0.05) is 30.3 Å². The molecule has 1 saturated carbocycles. The van der Waals surface area contributed by atoms with E-state index in [-0.39, 0.29) is 15.8 Å². The van der Waals surface area contributed by atoms with Crippen LogP contribution in [0.1, 0.15) is 51.9 Å². The summed E-state index contributed by atoms with van der Waals surface area (Å²) in [5.41, 5.74) is 7.24. The van der Waals surface area contributed by atoms with Crippen LogP contribution >= 0.6 is 22.6 Å². The molecule has 2 heterocycles. The molecule has 1 unspecified atom stereocenters. The van der Waals surface area contributed by atoms with Crippen LogP contribution in [0.25, 0.3) is 5.69 Å². The van der Waals surface area contributed by atoms with Gasteiger partial charge in [-0.25, -0.2) is 4.68 Å². The third-order valence-electron chi connectivity index (χ3n) is 6.30. The Morgan fingerprint density at radius 3 is 2.62 bits per heavy atom. The molecule has 0 spiro atoms. The van der Waals surface area contributed by atoms with Crippen molar-refractivity contribution in [3.05, 3.63) is 105 Å². The summed E-state index contributed by atoms with van der Waals surface area (Å²) >= 11 is 1.52. The molecule has 1 amide bonds. The first-order chi connectivity index (χ1) is 18.7. The highest BCUT2D eigenvalue weighted by Gasteiger charge is 2.40. The standard InChI is InChI=1S/C28H25F3IN5O2/c29-28(30,31)26-23(32)24(37(36-26)21-8-3-5-18(13-21)15-33)27(38)35-20-7-4-6-19(14-20)25(39-16-17-10-11-17)22-9-1-2-12-34-22/h1-9,12-14,17,25H,10-11,15-16,33H2,(H,35,38). The Kier molecular flexibility index (Phi) is 8.01. The van der Waals surface area contributed by atoms with Gasteiger partial charge in [0.2, 0.25) is 0 Å². The predicted molar refractivity (Wildman–Crippen MR) is 148 cm³/mol. The number of rotatable bonds is 9. The van der Waals surface area contributed by atoms with E-state index in [9.17, 15) is 18.0 Å². The third kappa shape index (κ3) is 6.31. The molecule has 5 rings (SSSR count). The SMILES string of the molecule is NCc1cccc(-n2nc(C(F)(F)F)c(I)c2C(=O)Nc2cccc(C(OCC3CC3)c3ccccn3)c2)c1. The van der Waals surface area contributed by atoms with Crippen LogP contribution in [0.5, 0.6) is 0 Å². The van der Waals surface area contributed by atoms with Crippen LogP contribution in [-0.2, 0) is 17.5 Å². The number of ether oxygens (including phenoxy) is 1. The zero-order chi connectivity index (χ0) is 27.6. The van der Waals surface area contributed by atoms with Gasteiger partial charge in [0.05, 0.1) is 21.6 Å². The Morgan fingerprint density at radius 2 is 1.92 bits per heavy atom. The number of benzene rings is 2. The number of aromatic nitrogens is 3. The molecule has 202 valence electrons. The number of nitrogens with two attached hydrogens (primary N) is 1. The summed E-state index contributed by atoms with van der Waals surface area (Å²) in [7, 11) is 0. The van der Waals surface area contributed by atoms with Gasteiger partial charge in [0.1, 0.15) is 11.8 Å². The molecular weight excluding hydrogens is 622 g/mol. The fourth-order valence-corrected chi connectivity index (χ4v) is 5.04. The zero-order valence-corrected chi connectivity index (χ0v) is 22.8. The highest BCUT2D eigenvalue weighted by Crippen LogP contribution is 2.36. The van der Waals surface area contributed by atoms with E-state index in [1.54, 1.807) is 48.7 Å². The Labute approximate surface area is 236 Å². The molecule has 2 aromatic carbocycles. The first kappa shape index (κ1) is 27.3. The first-order valence-corrected chi connectivity index (χ1v) is 13.4. The monoisotopic (exact) mass is 647 g/mol.